The molecule has 0 heterocycles. The topological polar surface area (TPSA) is 44.1 Å². The van der Waals surface area contributed by atoms with Gasteiger partial charge in [-0.3, -0.25) is 4.79 Å². The molecule has 0 aliphatic heterocycles. The Bertz CT molecular complexity index is 454. The number of halogens is 2. The second kappa shape index (κ2) is 5.94. The van der Waals surface area contributed by atoms with E-state index in [9.17, 15) is 13.6 Å². The van der Waals surface area contributed by atoms with Gasteiger partial charge < -0.3 is 4.90 Å². The number of nitrogens with zero attached hydrogens (tertiary/aromatic N) is 2. The number of hydrogen-bond acceptors (Lipinski definition) is 2. The molecular weight excluding hydrogens is 226 g/mol. The molecule has 0 fully saturated rings. The Kier molecular flexibility index (Phi) is 4.58. The molecule has 0 aliphatic rings. The second-order valence-corrected chi connectivity index (χ2v) is 3.49. The van der Waals surface area contributed by atoms with Crippen LogP contribution in [0.3, 0.4) is 0 Å². The molecule has 1 aromatic carbocycles. The van der Waals surface area contributed by atoms with Crippen LogP contribution in [0, 0.1) is 23.0 Å². The summed E-state index contributed by atoms with van der Waals surface area (Å²) in [5.41, 5.74) is -0.339. The maximum absolute atomic E-state index is 13.4. The Balaban J connectivity index is 3.01. The van der Waals surface area contributed by atoms with Gasteiger partial charge in [-0.15, -0.1) is 0 Å². The van der Waals surface area contributed by atoms with Gasteiger partial charge in [0.2, 0.25) is 0 Å². The van der Waals surface area contributed by atoms with Crippen LogP contribution in [0.4, 0.5) is 8.78 Å². The number of carbonyl (C=O) groups is 1. The van der Waals surface area contributed by atoms with Crippen LogP contribution in [-0.2, 0) is 0 Å². The van der Waals surface area contributed by atoms with Crippen LogP contribution in [-0.4, -0.2) is 23.9 Å². The van der Waals surface area contributed by atoms with Gasteiger partial charge in [-0.05, 0) is 18.6 Å². The zero-order valence-corrected chi connectivity index (χ0v) is 9.41. The van der Waals surface area contributed by atoms with Crippen LogP contribution in [0.1, 0.15) is 23.7 Å². The number of rotatable bonds is 4. The lowest BCUT2D eigenvalue weighted by Crippen LogP contribution is -2.32. The molecule has 5 heteroatoms. The summed E-state index contributed by atoms with van der Waals surface area (Å²) in [6, 6.07) is 5.25. The molecule has 0 N–H and O–H groups in total. The first-order chi connectivity index (χ1) is 8.11. The normalized spacial score (nSPS) is 9.76. The predicted octanol–water partition coefficient (Wildman–Crippen LogP) is 2.34. The van der Waals surface area contributed by atoms with Gasteiger partial charge >= 0.3 is 0 Å². The summed E-state index contributed by atoms with van der Waals surface area (Å²) in [5, 5.41) is 8.57. The smallest absolute Gasteiger partial charge is 0.257 e. The van der Waals surface area contributed by atoms with Crippen molar-refractivity contribution < 1.29 is 13.6 Å². The average Bonchev–Trinajstić information content (AvgIpc) is 2.31. The van der Waals surface area contributed by atoms with E-state index < -0.39 is 17.5 Å². The van der Waals surface area contributed by atoms with Crippen LogP contribution < -0.4 is 0 Å². The van der Waals surface area contributed by atoms with Gasteiger partial charge in [-0.25, -0.2) is 8.78 Å². The molecule has 3 nitrogen and oxygen atoms in total. The molecule has 0 radical (unpaired) electrons. The zero-order valence-electron chi connectivity index (χ0n) is 9.41. The minimum absolute atomic E-state index is 0.136. The lowest BCUT2D eigenvalue weighted by atomic mass is 10.1. The van der Waals surface area contributed by atoms with Crippen LogP contribution >= 0.6 is 0 Å². The largest absolute Gasteiger partial charge is 0.325 e. The number of amides is 1. The van der Waals surface area contributed by atoms with E-state index in [2.05, 4.69) is 0 Å². The molecule has 0 bridgehead atoms. The van der Waals surface area contributed by atoms with Crippen LogP contribution in [0.2, 0.25) is 0 Å². The van der Waals surface area contributed by atoms with Crippen molar-refractivity contribution in [3.05, 3.63) is 35.4 Å². The summed E-state index contributed by atoms with van der Waals surface area (Å²) in [7, 11) is 0. The van der Waals surface area contributed by atoms with E-state index in [0.29, 0.717) is 13.0 Å². The third kappa shape index (κ3) is 3.00. The summed E-state index contributed by atoms with van der Waals surface area (Å²) < 4.78 is 26.4. The van der Waals surface area contributed by atoms with Crippen molar-refractivity contribution in [2.24, 2.45) is 0 Å². The molecule has 17 heavy (non-hydrogen) atoms. The van der Waals surface area contributed by atoms with E-state index in [1.807, 2.05) is 13.0 Å². The highest BCUT2D eigenvalue weighted by Gasteiger charge is 2.20. The lowest BCUT2D eigenvalue weighted by molar-refractivity contribution is 0.0770. The first-order valence-corrected chi connectivity index (χ1v) is 5.22. The van der Waals surface area contributed by atoms with Gasteiger partial charge in [0, 0.05) is 6.54 Å². The van der Waals surface area contributed by atoms with Gasteiger partial charge in [0.25, 0.3) is 5.91 Å². The Morgan fingerprint density at radius 1 is 1.47 bits per heavy atom. The zero-order chi connectivity index (χ0) is 12.8. The summed E-state index contributed by atoms with van der Waals surface area (Å²) in [6.45, 7) is 2.03. The fourth-order valence-corrected chi connectivity index (χ4v) is 1.45. The second-order valence-electron chi connectivity index (χ2n) is 3.49. The van der Waals surface area contributed by atoms with E-state index in [1.165, 1.54) is 17.0 Å². The van der Waals surface area contributed by atoms with Crippen molar-refractivity contribution in [2.75, 3.05) is 13.1 Å². The van der Waals surface area contributed by atoms with Gasteiger partial charge in [-0.1, -0.05) is 13.0 Å². The summed E-state index contributed by atoms with van der Waals surface area (Å²) in [5.74, 6) is -2.90. The molecule has 0 atom stereocenters. The summed E-state index contributed by atoms with van der Waals surface area (Å²) in [4.78, 5) is 13.1. The third-order valence-corrected chi connectivity index (χ3v) is 2.22. The molecule has 1 aromatic rings. The Morgan fingerprint density at radius 2 is 2.18 bits per heavy atom. The van der Waals surface area contributed by atoms with Gasteiger partial charge in [-0.2, -0.15) is 5.26 Å². The molecule has 0 aliphatic carbocycles. The first kappa shape index (κ1) is 13.1. The molecular formula is C12H12F2N2O. The van der Waals surface area contributed by atoms with Crippen molar-refractivity contribution >= 4 is 5.91 Å². The minimum Gasteiger partial charge on any atom is -0.325 e. The quantitative estimate of drug-likeness (QED) is 0.756. The van der Waals surface area contributed by atoms with E-state index in [4.69, 9.17) is 5.26 Å². The predicted molar refractivity (Wildman–Crippen MR) is 58.2 cm³/mol. The lowest BCUT2D eigenvalue weighted by Gasteiger charge is -2.18. The van der Waals surface area contributed by atoms with Crippen molar-refractivity contribution in [1.29, 1.82) is 5.26 Å². The fraction of sp³-hybridized carbons (Fsp3) is 0.333. The highest BCUT2D eigenvalue weighted by Crippen LogP contribution is 2.13. The number of nitriles is 1. The fourth-order valence-electron chi connectivity index (χ4n) is 1.45. The number of carbonyl (C=O) groups excluding carboxylic acids is 1. The molecule has 0 aromatic heterocycles. The van der Waals surface area contributed by atoms with Crippen LogP contribution in [0.5, 0.6) is 0 Å². The van der Waals surface area contributed by atoms with Crippen molar-refractivity contribution in [3.8, 4) is 6.07 Å². The van der Waals surface area contributed by atoms with E-state index >= 15 is 0 Å². The highest BCUT2D eigenvalue weighted by molar-refractivity contribution is 5.94. The molecule has 90 valence electrons. The van der Waals surface area contributed by atoms with Crippen molar-refractivity contribution in [1.82, 2.24) is 4.90 Å². The van der Waals surface area contributed by atoms with Gasteiger partial charge in [0.15, 0.2) is 11.6 Å². The molecule has 0 spiro atoms. The van der Waals surface area contributed by atoms with Gasteiger partial charge in [0.1, 0.15) is 6.54 Å². The van der Waals surface area contributed by atoms with E-state index in [-0.39, 0.29) is 12.1 Å². The molecule has 1 rings (SSSR count). The third-order valence-electron chi connectivity index (χ3n) is 2.22. The SMILES string of the molecule is CCCN(CC#N)C(=O)c1cccc(F)c1F. The Hall–Kier alpha value is -1.96. The van der Waals surface area contributed by atoms with Crippen molar-refractivity contribution in [3.63, 3.8) is 0 Å². The summed E-state index contributed by atoms with van der Waals surface area (Å²) in [6.07, 6.45) is 0.643. The first-order valence-electron chi connectivity index (χ1n) is 5.22. The standard InChI is InChI=1S/C12H12F2N2O/c1-2-7-16(8-6-15)12(17)9-4-3-5-10(13)11(9)14/h3-5H,2,7-8H2,1H3. The van der Waals surface area contributed by atoms with Gasteiger partial charge in [0.05, 0.1) is 11.6 Å². The van der Waals surface area contributed by atoms with Crippen LogP contribution in [0.25, 0.3) is 0 Å². The molecule has 0 saturated heterocycles. The Labute approximate surface area is 98.3 Å². The maximum atomic E-state index is 13.4. The average molecular weight is 238 g/mol. The maximum Gasteiger partial charge on any atom is 0.257 e. The minimum atomic E-state index is -1.17. The molecule has 0 unspecified atom stereocenters. The van der Waals surface area contributed by atoms with Crippen LogP contribution in [0.15, 0.2) is 18.2 Å². The van der Waals surface area contributed by atoms with E-state index in [0.717, 1.165) is 6.07 Å². The summed E-state index contributed by atoms with van der Waals surface area (Å²) >= 11 is 0. The van der Waals surface area contributed by atoms with Crippen molar-refractivity contribution in [2.45, 2.75) is 13.3 Å². The number of hydrogen-bond donors (Lipinski definition) is 0. The number of benzene rings is 1. The molecule has 0 saturated carbocycles. The highest BCUT2D eigenvalue weighted by atomic mass is 19.2. The van der Waals surface area contributed by atoms with E-state index in [1.54, 1.807) is 0 Å². The molecule has 1 amide bonds. The monoisotopic (exact) mass is 238 g/mol. The Morgan fingerprint density at radius 3 is 2.76 bits per heavy atom.